The van der Waals surface area contributed by atoms with Crippen molar-refractivity contribution < 1.29 is 24.1 Å². The Kier molecular flexibility index (Phi) is 10.2. The van der Waals surface area contributed by atoms with Gasteiger partial charge >= 0.3 is 0 Å². The third-order valence-electron chi connectivity index (χ3n) is 6.48. The first-order valence-electron chi connectivity index (χ1n) is 11.6. The second-order valence-corrected chi connectivity index (χ2v) is 9.70. The van der Waals surface area contributed by atoms with E-state index in [9.17, 15) is 9.90 Å². The Morgan fingerprint density at radius 3 is 2.74 bits per heavy atom. The van der Waals surface area contributed by atoms with Crippen molar-refractivity contribution in [2.45, 2.75) is 31.8 Å². The highest BCUT2D eigenvalue weighted by Gasteiger charge is 2.24. The Morgan fingerprint density at radius 1 is 1.18 bits per heavy atom. The monoisotopic (exact) mass is 553 g/mol. The standard InChI is InChI=1S/C26H32BrNO5.ClH/c1-31-12-13-33-26-15-19(2-4-22(26)27)14-18-6-9-28(10-7-18)17-24(30)20-3-5-25-21(16-20)23(29)8-11-32-25;/h2-5,15-16,18,24,30H,6-14,17H2,1H3;1H. The minimum atomic E-state index is -0.611. The first-order chi connectivity index (χ1) is 16.0. The minimum absolute atomic E-state index is 0. The Bertz CT molecular complexity index is 964. The van der Waals surface area contributed by atoms with Gasteiger partial charge in [-0.3, -0.25) is 4.79 Å². The van der Waals surface area contributed by atoms with Crippen LogP contribution in [0.2, 0.25) is 0 Å². The van der Waals surface area contributed by atoms with Crippen LogP contribution >= 0.6 is 28.3 Å². The van der Waals surface area contributed by atoms with Crippen molar-refractivity contribution in [1.29, 1.82) is 0 Å². The van der Waals surface area contributed by atoms with Crippen LogP contribution in [0.3, 0.4) is 0 Å². The maximum Gasteiger partial charge on any atom is 0.170 e. The normalized spacial score (nSPS) is 17.4. The Morgan fingerprint density at radius 2 is 1.97 bits per heavy atom. The number of carbonyl (C=O) groups excluding carboxylic acids is 1. The topological polar surface area (TPSA) is 68.2 Å². The number of fused-ring (bicyclic) bond motifs is 1. The number of hydrogen-bond acceptors (Lipinski definition) is 6. The molecule has 2 aliphatic heterocycles. The number of ketones is 1. The fourth-order valence-corrected chi connectivity index (χ4v) is 4.92. The summed E-state index contributed by atoms with van der Waals surface area (Å²) in [4.78, 5) is 14.5. The molecule has 6 nitrogen and oxygen atoms in total. The molecule has 1 atom stereocenters. The summed E-state index contributed by atoms with van der Waals surface area (Å²) < 4.78 is 17.4. The van der Waals surface area contributed by atoms with Crippen molar-refractivity contribution in [2.75, 3.05) is 46.6 Å². The van der Waals surface area contributed by atoms with Crippen LogP contribution in [0.5, 0.6) is 11.5 Å². The van der Waals surface area contributed by atoms with Crippen LogP contribution in [0.4, 0.5) is 0 Å². The van der Waals surface area contributed by atoms with Crippen LogP contribution in [0, 0.1) is 5.92 Å². The van der Waals surface area contributed by atoms with E-state index in [1.807, 2.05) is 12.1 Å². The third-order valence-corrected chi connectivity index (χ3v) is 7.13. The van der Waals surface area contributed by atoms with E-state index in [2.05, 4.69) is 39.0 Å². The number of rotatable bonds is 9. The molecule has 0 bridgehead atoms. The smallest absolute Gasteiger partial charge is 0.170 e. The molecule has 4 rings (SSSR count). The number of carbonyl (C=O) groups is 1. The van der Waals surface area contributed by atoms with Crippen molar-refractivity contribution in [2.24, 2.45) is 5.92 Å². The van der Waals surface area contributed by atoms with E-state index in [0.29, 0.717) is 50.0 Å². The zero-order valence-electron chi connectivity index (χ0n) is 19.5. The Labute approximate surface area is 216 Å². The summed E-state index contributed by atoms with van der Waals surface area (Å²) in [5.74, 6) is 2.19. The number of likely N-dealkylation sites (tertiary alicyclic amines) is 1. The lowest BCUT2D eigenvalue weighted by molar-refractivity contribution is 0.0885. The third kappa shape index (κ3) is 6.95. The lowest BCUT2D eigenvalue weighted by atomic mass is 9.90. The van der Waals surface area contributed by atoms with Gasteiger partial charge in [0.2, 0.25) is 0 Å². The molecule has 34 heavy (non-hydrogen) atoms. The maximum absolute atomic E-state index is 12.2. The fraction of sp³-hybridized carbons (Fsp3) is 0.500. The number of β-amino-alcohol motifs (C(OH)–C–C–N with tert-alkyl or cyclic N) is 1. The van der Waals surface area contributed by atoms with Gasteiger partial charge in [-0.15, -0.1) is 12.4 Å². The molecule has 0 aromatic heterocycles. The van der Waals surface area contributed by atoms with Gasteiger partial charge < -0.3 is 24.2 Å². The van der Waals surface area contributed by atoms with E-state index in [0.717, 1.165) is 48.1 Å². The second-order valence-electron chi connectivity index (χ2n) is 8.85. The number of aliphatic hydroxyl groups is 1. The van der Waals surface area contributed by atoms with E-state index in [1.165, 1.54) is 5.56 Å². The van der Waals surface area contributed by atoms with Gasteiger partial charge in [0.15, 0.2) is 5.78 Å². The molecule has 0 saturated carbocycles. The van der Waals surface area contributed by atoms with Crippen LogP contribution in [-0.2, 0) is 11.2 Å². The van der Waals surface area contributed by atoms with E-state index in [4.69, 9.17) is 14.2 Å². The molecule has 186 valence electrons. The number of ether oxygens (including phenoxy) is 3. The number of piperidine rings is 1. The van der Waals surface area contributed by atoms with Gasteiger partial charge in [-0.1, -0.05) is 12.1 Å². The van der Waals surface area contributed by atoms with Crippen molar-refractivity contribution >= 4 is 34.1 Å². The average molecular weight is 555 g/mol. The molecular weight excluding hydrogens is 522 g/mol. The molecule has 0 aliphatic carbocycles. The van der Waals surface area contributed by atoms with Crippen LogP contribution in [-0.4, -0.2) is 62.4 Å². The van der Waals surface area contributed by atoms with Gasteiger partial charge in [0.05, 0.1) is 29.4 Å². The first-order valence-corrected chi connectivity index (χ1v) is 12.4. The van der Waals surface area contributed by atoms with Crippen molar-refractivity contribution in [3.63, 3.8) is 0 Å². The van der Waals surface area contributed by atoms with Gasteiger partial charge in [-0.25, -0.2) is 0 Å². The van der Waals surface area contributed by atoms with Gasteiger partial charge in [0.25, 0.3) is 0 Å². The lowest BCUT2D eigenvalue weighted by Crippen LogP contribution is -2.37. The van der Waals surface area contributed by atoms with Crippen molar-refractivity contribution in [3.8, 4) is 11.5 Å². The van der Waals surface area contributed by atoms with Crippen molar-refractivity contribution in [3.05, 3.63) is 57.6 Å². The molecule has 0 amide bonds. The molecule has 2 aliphatic rings. The van der Waals surface area contributed by atoms with E-state index < -0.39 is 6.10 Å². The van der Waals surface area contributed by atoms with Crippen LogP contribution in [0.1, 0.15) is 46.9 Å². The van der Waals surface area contributed by atoms with Crippen LogP contribution in [0.15, 0.2) is 40.9 Å². The van der Waals surface area contributed by atoms with Gasteiger partial charge in [-0.05, 0) is 89.6 Å². The molecule has 1 saturated heterocycles. The molecular formula is C26H33BrClNO5. The average Bonchev–Trinajstić information content (AvgIpc) is 2.82. The quantitative estimate of drug-likeness (QED) is 0.447. The predicted octanol–water partition coefficient (Wildman–Crippen LogP) is 4.85. The number of halogens is 2. The predicted molar refractivity (Wildman–Crippen MR) is 137 cm³/mol. The summed E-state index contributed by atoms with van der Waals surface area (Å²) in [5.41, 5.74) is 2.66. The molecule has 1 N–H and O–H groups in total. The molecule has 2 aromatic rings. The molecule has 1 unspecified atom stereocenters. The van der Waals surface area contributed by atoms with Gasteiger partial charge in [0.1, 0.15) is 18.1 Å². The van der Waals surface area contributed by atoms with E-state index in [-0.39, 0.29) is 18.2 Å². The SMILES string of the molecule is COCCOc1cc(CC2CCN(CC(O)c3ccc4c(c3)C(=O)CCO4)CC2)ccc1Br.Cl. The van der Waals surface area contributed by atoms with Crippen LogP contribution in [0.25, 0.3) is 0 Å². The zero-order chi connectivity index (χ0) is 23.2. The molecule has 2 aromatic carbocycles. The highest BCUT2D eigenvalue weighted by molar-refractivity contribution is 9.10. The lowest BCUT2D eigenvalue weighted by Gasteiger charge is -2.33. The summed E-state index contributed by atoms with van der Waals surface area (Å²) in [6.45, 7) is 4.04. The number of hydrogen-bond donors (Lipinski definition) is 1. The van der Waals surface area contributed by atoms with Gasteiger partial charge in [-0.2, -0.15) is 0 Å². The zero-order valence-corrected chi connectivity index (χ0v) is 21.9. The second kappa shape index (κ2) is 12.9. The molecule has 8 heteroatoms. The minimum Gasteiger partial charge on any atom is -0.492 e. The Hall–Kier alpha value is -1.64. The summed E-state index contributed by atoms with van der Waals surface area (Å²) in [5, 5.41) is 10.8. The largest absolute Gasteiger partial charge is 0.492 e. The number of nitrogens with zero attached hydrogens (tertiary/aromatic N) is 1. The first kappa shape index (κ1) is 27.0. The number of Topliss-reactive ketones (excluding diaryl/α,β-unsaturated/α-hetero) is 1. The molecule has 0 spiro atoms. The summed E-state index contributed by atoms with van der Waals surface area (Å²) >= 11 is 3.56. The summed E-state index contributed by atoms with van der Waals surface area (Å²) in [7, 11) is 1.67. The summed E-state index contributed by atoms with van der Waals surface area (Å²) in [6, 6.07) is 11.8. The fourth-order valence-electron chi connectivity index (χ4n) is 4.56. The number of benzene rings is 2. The number of methoxy groups -OCH3 is 1. The van der Waals surface area contributed by atoms with E-state index >= 15 is 0 Å². The molecule has 0 radical (unpaired) electrons. The molecule has 1 fully saturated rings. The summed E-state index contributed by atoms with van der Waals surface area (Å²) in [6.07, 6.45) is 3.01. The van der Waals surface area contributed by atoms with Crippen LogP contribution < -0.4 is 9.47 Å². The Balaban J connectivity index is 0.00000324. The van der Waals surface area contributed by atoms with E-state index in [1.54, 1.807) is 13.2 Å². The maximum atomic E-state index is 12.2. The highest BCUT2D eigenvalue weighted by Crippen LogP contribution is 2.31. The number of aliphatic hydroxyl groups excluding tert-OH is 1. The van der Waals surface area contributed by atoms with Gasteiger partial charge in [0, 0.05) is 20.1 Å². The molecule has 2 heterocycles. The highest BCUT2D eigenvalue weighted by atomic mass is 79.9. The van der Waals surface area contributed by atoms with Crippen molar-refractivity contribution in [1.82, 2.24) is 4.90 Å².